The molecule has 1 aromatic heterocycles. The molecule has 0 saturated heterocycles. The van der Waals surface area contributed by atoms with Gasteiger partial charge in [0.1, 0.15) is 0 Å². The van der Waals surface area contributed by atoms with Crippen molar-refractivity contribution in [2.75, 3.05) is 20.2 Å². The van der Waals surface area contributed by atoms with Crippen molar-refractivity contribution in [3.8, 4) is 5.88 Å². The predicted molar refractivity (Wildman–Crippen MR) is 119 cm³/mol. The van der Waals surface area contributed by atoms with Gasteiger partial charge in [-0.25, -0.2) is 9.98 Å². The molecule has 1 aromatic carbocycles. The molecule has 142 valence electrons. The molecule has 6 heteroatoms. The fourth-order valence-electron chi connectivity index (χ4n) is 2.58. The highest BCUT2D eigenvalue weighted by atomic mass is 127. The van der Waals surface area contributed by atoms with Crippen LogP contribution in [0.2, 0.25) is 0 Å². The number of halogens is 1. The number of pyridine rings is 1. The summed E-state index contributed by atoms with van der Waals surface area (Å²) in [6, 6.07) is 12.5. The van der Waals surface area contributed by atoms with Crippen LogP contribution < -0.4 is 15.4 Å². The number of aliphatic imine (C=N–C) groups is 1. The first-order valence-corrected chi connectivity index (χ1v) is 8.70. The number of aromatic nitrogens is 1. The lowest BCUT2D eigenvalue weighted by atomic mass is 9.99. The van der Waals surface area contributed by atoms with E-state index >= 15 is 0 Å². The average Bonchev–Trinajstić information content (AvgIpc) is 2.64. The minimum atomic E-state index is 0. The van der Waals surface area contributed by atoms with Crippen molar-refractivity contribution in [3.05, 3.63) is 59.3 Å². The maximum absolute atomic E-state index is 5.28. The molecule has 0 radical (unpaired) electrons. The fraction of sp³-hybridized carbons (Fsp3) is 0.400. The highest BCUT2D eigenvalue weighted by Crippen LogP contribution is 2.16. The number of hydrogen-bond acceptors (Lipinski definition) is 3. The van der Waals surface area contributed by atoms with E-state index in [1.54, 1.807) is 13.3 Å². The lowest BCUT2D eigenvalue weighted by Gasteiger charge is -2.17. The van der Waals surface area contributed by atoms with E-state index in [2.05, 4.69) is 65.6 Å². The van der Waals surface area contributed by atoms with Crippen molar-refractivity contribution in [1.82, 2.24) is 15.6 Å². The Hall–Kier alpha value is -1.83. The van der Waals surface area contributed by atoms with Crippen molar-refractivity contribution in [1.29, 1.82) is 0 Å². The number of nitrogens with one attached hydrogen (secondary N) is 2. The molecule has 26 heavy (non-hydrogen) atoms. The van der Waals surface area contributed by atoms with Gasteiger partial charge in [-0.3, -0.25) is 0 Å². The first-order chi connectivity index (χ1) is 12.1. The topological polar surface area (TPSA) is 58.5 Å². The molecule has 0 fully saturated rings. The predicted octanol–water partition coefficient (Wildman–Crippen LogP) is 3.88. The van der Waals surface area contributed by atoms with Crippen molar-refractivity contribution >= 4 is 29.9 Å². The molecule has 0 bridgehead atoms. The monoisotopic (exact) mass is 468 g/mol. The number of benzene rings is 1. The third-order valence-electron chi connectivity index (χ3n) is 3.98. The van der Waals surface area contributed by atoms with Gasteiger partial charge in [0.25, 0.3) is 0 Å². The Morgan fingerprint density at radius 1 is 1.23 bits per heavy atom. The zero-order valence-electron chi connectivity index (χ0n) is 16.0. The van der Waals surface area contributed by atoms with Crippen molar-refractivity contribution in [2.24, 2.45) is 4.99 Å². The highest BCUT2D eigenvalue weighted by molar-refractivity contribution is 14.0. The Morgan fingerprint density at radius 2 is 2.04 bits per heavy atom. The largest absolute Gasteiger partial charge is 0.481 e. The Kier molecular flexibility index (Phi) is 10.0. The van der Waals surface area contributed by atoms with Crippen LogP contribution in [0.15, 0.2) is 47.6 Å². The molecule has 1 unspecified atom stereocenters. The second kappa shape index (κ2) is 11.7. The molecule has 2 rings (SSSR count). The number of aryl methyl sites for hydroxylation is 1. The molecule has 2 N–H and O–H groups in total. The van der Waals surface area contributed by atoms with Gasteiger partial charge < -0.3 is 15.4 Å². The number of ether oxygens (including phenoxy) is 1. The first kappa shape index (κ1) is 22.2. The summed E-state index contributed by atoms with van der Waals surface area (Å²) in [4.78, 5) is 8.86. The maximum Gasteiger partial charge on any atom is 0.218 e. The second-order valence-electron chi connectivity index (χ2n) is 6.06. The third kappa shape index (κ3) is 6.82. The van der Waals surface area contributed by atoms with Crippen LogP contribution in [0, 0.1) is 6.92 Å². The molecular formula is C20H29IN4O. The molecule has 1 heterocycles. The minimum absolute atomic E-state index is 0. The number of nitrogens with zero attached hydrogens (tertiary/aromatic N) is 2. The Morgan fingerprint density at radius 3 is 2.73 bits per heavy atom. The van der Waals surface area contributed by atoms with Gasteiger partial charge in [-0.05, 0) is 31.4 Å². The number of methoxy groups -OCH3 is 1. The molecule has 5 nitrogen and oxygen atoms in total. The molecule has 0 aliphatic rings. The smallest absolute Gasteiger partial charge is 0.218 e. The summed E-state index contributed by atoms with van der Waals surface area (Å²) >= 11 is 0. The molecule has 2 aromatic rings. The molecule has 0 amide bonds. The quantitative estimate of drug-likeness (QED) is 0.368. The zero-order chi connectivity index (χ0) is 18.1. The lowest BCUT2D eigenvalue weighted by molar-refractivity contribution is 0.392. The van der Waals surface area contributed by atoms with Crippen molar-refractivity contribution < 1.29 is 4.74 Å². The molecule has 0 aliphatic heterocycles. The molecular weight excluding hydrogens is 439 g/mol. The molecule has 1 atom stereocenters. The van der Waals surface area contributed by atoms with Crippen LogP contribution in [0.5, 0.6) is 5.88 Å². The van der Waals surface area contributed by atoms with Crippen LogP contribution >= 0.6 is 24.0 Å². The van der Waals surface area contributed by atoms with E-state index in [1.165, 1.54) is 11.1 Å². The summed E-state index contributed by atoms with van der Waals surface area (Å²) in [5.74, 6) is 1.82. The van der Waals surface area contributed by atoms with Gasteiger partial charge in [0.15, 0.2) is 5.96 Å². The van der Waals surface area contributed by atoms with Crippen LogP contribution in [0.4, 0.5) is 0 Å². The third-order valence-corrected chi connectivity index (χ3v) is 3.98. The van der Waals surface area contributed by atoms with E-state index in [1.807, 2.05) is 12.1 Å². The summed E-state index contributed by atoms with van der Waals surface area (Å²) in [6.45, 7) is 8.55. The van der Waals surface area contributed by atoms with E-state index in [0.29, 0.717) is 18.3 Å². The number of guanidine groups is 1. The summed E-state index contributed by atoms with van der Waals surface area (Å²) in [5.41, 5.74) is 3.58. The van der Waals surface area contributed by atoms with Gasteiger partial charge >= 0.3 is 0 Å². The van der Waals surface area contributed by atoms with E-state index in [0.717, 1.165) is 24.6 Å². The fourth-order valence-corrected chi connectivity index (χ4v) is 2.58. The number of rotatable bonds is 7. The maximum atomic E-state index is 5.28. The van der Waals surface area contributed by atoms with Crippen LogP contribution in [0.3, 0.4) is 0 Å². The highest BCUT2D eigenvalue weighted by Gasteiger charge is 2.08. The lowest BCUT2D eigenvalue weighted by Crippen LogP contribution is -2.39. The average molecular weight is 468 g/mol. The van der Waals surface area contributed by atoms with Crippen LogP contribution in [0.25, 0.3) is 0 Å². The van der Waals surface area contributed by atoms with E-state index in [-0.39, 0.29) is 24.0 Å². The van der Waals surface area contributed by atoms with Gasteiger partial charge in [-0.2, -0.15) is 0 Å². The summed E-state index contributed by atoms with van der Waals surface area (Å²) < 4.78 is 5.28. The van der Waals surface area contributed by atoms with Gasteiger partial charge in [-0.15, -0.1) is 24.0 Å². The summed E-state index contributed by atoms with van der Waals surface area (Å²) in [6.07, 6.45) is 1.72. The molecule has 0 saturated carbocycles. The molecule has 0 aliphatic carbocycles. The molecule has 0 spiro atoms. The van der Waals surface area contributed by atoms with Gasteiger partial charge in [0.2, 0.25) is 5.88 Å². The van der Waals surface area contributed by atoms with E-state index < -0.39 is 0 Å². The van der Waals surface area contributed by atoms with Crippen LogP contribution in [-0.2, 0) is 6.54 Å². The summed E-state index contributed by atoms with van der Waals surface area (Å²) in [5, 5.41) is 6.71. The van der Waals surface area contributed by atoms with E-state index in [4.69, 9.17) is 4.74 Å². The normalized spacial score (nSPS) is 12.1. The van der Waals surface area contributed by atoms with Crippen molar-refractivity contribution in [3.63, 3.8) is 0 Å². The van der Waals surface area contributed by atoms with Gasteiger partial charge in [-0.1, -0.05) is 42.8 Å². The zero-order valence-corrected chi connectivity index (χ0v) is 18.3. The Balaban J connectivity index is 0.00000338. The Bertz CT molecular complexity index is 706. The van der Waals surface area contributed by atoms with Crippen LogP contribution in [0.1, 0.15) is 36.5 Å². The second-order valence-corrected chi connectivity index (χ2v) is 6.06. The van der Waals surface area contributed by atoms with Crippen LogP contribution in [-0.4, -0.2) is 31.1 Å². The van der Waals surface area contributed by atoms with Gasteiger partial charge in [0.05, 0.1) is 13.7 Å². The van der Waals surface area contributed by atoms with Crippen molar-refractivity contribution in [2.45, 2.75) is 33.2 Å². The summed E-state index contributed by atoms with van der Waals surface area (Å²) in [7, 11) is 1.63. The minimum Gasteiger partial charge on any atom is -0.481 e. The number of hydrogen-bond donors (Lipinski definition) is 2. The Labute approximate surface area is 173 Å². The SMILES string of the molecule is CCNC(=NCc1cccnc1OC)NCC(C)c1cccc(C)c1.I. The van der Waals surface area contributed by atoms with Gasteiger partial charge in [0, 0.05) is 24.8 Å². The van der Waals surface area contributed by atoms with E-state index in [9.17, 15) is 0 Å². The standard InChI is InChI=1S/C20H28N4O.HI/c1-5-21-20(24-14-18-10-7-11-22-19(18)25-4)23-13-16(3)17-9-6-8-15(2)12-17;/h6-12,16H,5,13-14H2,1-4H3,(H2,21,23,24);1H. The first-order valence-electron chi connectivity index (χ1n) is 8.70.